The number of nitrogens with one attached hydrogen (secondary N) is 1. The Morgan fingerprint density at radius 1 is 1.55 bits per heavy atom. The number of nitrogens with zero attached hydrogens (tertiary/aromatic N) is 1. The number of amides is 1. The normalized spacial score (nSPS) is 18.8. The van der Waals surface area contributed by atoms with E-state index < -0.39 is 0 Å². The molecule has 5 heteroatoms. The lowest BCUT2D eigenvalue weighted by Crippen LogP contribution is -2.39. The van der Waals surface area contributed by atoms with Crippen molar-refractivity contribution in [3.8, 4) is 0 Å². The van der Waals surface area contributed by atoms with Gasteiger partial charge in [-0.1, -0.05) is 15.9 Å². The van der Waals surface area contributed by atoms with E-state index in [1.807, 2.05) is 12.1 Å². The van der Waals surface area contributed by atoms with Gasteiger partial charge < -0.3 is 16.0 Å². The van der Waals surface area contributed by atoms with Crippen LogP contribution < -0.4 is 16.0 Å². The van der Waals surface area contributed by atoms with Crippen molar-refractivity contribution in [2.45, 2.75) is 19.8 Å². The molecule has 1 aliphatic rings. The molecule has 1 fully saturated rings. The molecule has 1 aromatic rings. The quantitative estimate of drug-likeness (QED) is 0.865. The first kappa shape index (κ1) is 15.3. The van der Waals surface area contributed by atoms with Gasteiger partial charge in [0.2, 0.25) is 0 Å². The Kier molecular flexibility index (Phi) is 5.43. The van der Waals surface area contributed by atoms with Crippen LogP contribution in [-0.4, -0.2) is 32.1 Å². The van der Waals surface area contributed by atoms with Crippen molar-refractivity contribution in [3.63, 3.8) is 0 Å². The van der Waals surface area contributed by atoms with Crippen molar-refractivity contribution in [2.24, 2.45) is 11.7 Å². The molecule has 0 radical (unpaired) electrons. The third-order valence-electron chi connectivity index (χ3n) is 3.83. The van der Waals surface area contributed by atoms with Crippen LogP contribution in [0.25, 0.3) is 0 Å². The molecule has 0 aliphatic carbocycles. The molecule has 1 aromatic carbocycles. The lowest BCUT2D eigenvalue weighted by Gasteiger charge is -2.32. The molecule has 1 atom stereocenters. The van der Waals surface area contributed by atoms with E-state index in [4.69, 9.17) is 5.73 Å². The molecule has 0 saturated carbocycles. The third-order valence-corrected chi connectivity index (χ3v) is 4.32. The van der Waals surface area contributed by atoms with E-state index in [9.17, 15) is 4.79 Å². The molecule has 0 spiro atoms. The Balaban J connectivity index is 2.21. The summed E-state index contributed by atoms with van der Waals surface area (Å²) >= 11 is 3.48. The first-order valence-electron chi connectivity index (χ1n) is 7.16. The molecule has 4 nitrogen and oxygen atoms in total. The van der Waals surface area contributed by atoms with Crippen LogP contribution >= 0.6 is 15.9 Å². The minimum absolute atomic E-state index is 0.368. The molecule has 1 saturated heterocycles. The molecule has 1 unspecified atom stereocenters. The maximum Gasteiger partial charge on any atom is 0.250 e. The number of carbonyl (C=O) groups is 1. The van der Waals surface area contributed by atoms with Gasteiger partial charge in [0, 0.05) is 17.6 Å². The van der Waals surface area contributed by atoms with Crippen molar-refractivity contribution in [1.82, 2.24) is 5.32 Å². The van der Waals surface area contributed by atoms with Crippen LogP contribution in [-0.2, 0) is 0 Å². The first-order chi connectivity index (χ1) is 9.61. The summed E-state index contributed by atoms with van der Waals surface area (Å²) in [5, 5.41) is 3.44. The monoisotopic (exact) mass is 339 g/mol. The summed E-state index contributed by atoms with van der Waals surface area (Å²) in [6.07, 6.45) is 2.47. The van der Waals surface area contributed by atoms with Crippen LogP contribution in [0.2, 0.25) is 0 Å². The average Bonchev–Trinajstić information content (AvgIpc) is 2.45. The van der Waals surface area contributed by atoms with Gasteiger partial charge in [-0.15, -0.1) is 0 Å². The molecule has 1 aliphatic heterocycles. The van der Waals surface area contributed by atoms with E-state index >= 15 is 0 Å². The predicted molar refractivity (Wildman–Crippen MR) is 86.1 cm³/mol. The molecule has 20 heavy (non-hydrogen) atoms. The van der Waals surface area contributed by atoms with Gasteiger partial charge in [0.1, 0.15) is 0 Å². The fourth-order valence-corrected chi connectivity index (χ4v) is 3.11. The molecule has 110 valence electrons. The summed E-state index contributed by atoms with van der Waals surface area (Å²) in [7, 11) is 0. The summed E-state index contributed by atoms with van der Waals surface area (Å²) in [6, 6.07) is 5.64. The van der Waals surface area contributed by atoms with E-state index in [0.717, 1.165) is 36.3 Å². The number of hydrogen-bond donors (Lipinski definition) is 2. The van der Waals surface area contributed by atoms with E-state index in [0.29, 0.717) is 11.5 Å². The van der Waals surface area contributed by atoms with E-state index in [1.165, 1.54) is 12.8 Å². The van der Waals surface area contributed by atoms with Crippen LogP contribution in [0.5, 0.6) is 0 Å². The zero-order valence-corrected chi connectivity index (χ0v) is 13.4. The van der Waals surface area contributed by atoms with Crippen LogP contribution in [0.3, 0.4) is 0 Å². The van der Waals surface area contributed by atoms with Crippen molar-refractivity contribution in [3.05, 3.63) is 28.2 Å². The zero-order valence-electron chi connectivity index (χ0n) is 11.9. The van der Waals surface area contributed by atoms with Gasteiger partial charge in [-0.25, -0.2) is 0 Å². The molecular formula is C15H22BrN3O. The fourth-order valence-electron chi connectivity index (χ4n) is 2.76. The molecule has 0 bridgehead atoms. The van der Waals surface area contributed by atoms with Crippen LogP contribution in [0.15, 0.2) is 22.7 Å². The van der Waals surface area contributed by atoms with Gasteiger partial charge in [0.15, 0.2) is 0 Å². The maximum atomic E-state index is 11.6. The number of carbonyl (C=O) groups excluding carboxylic acids is 1. The summed E-state index contributed by atoms with van der Waals surface area (Å²) in [6.45, 7) is 6.11. The Morgan fingerprint density at radius 3 is 2.95 bits per heavy atom. The number of hydrogen-bond acceptors (Lipinski definition) is 3. The van der Waals surface area contributed by atoms with E-state index in [1.54, 1.807) is 6.07 Å². The number of nitrogens with two attached hydrogens (primary N) is 1. The highest BCUT2D eigenvalue weighted by Gasteiger charge is 2.19. The number of benzene rings is 1. The second kappa shape index (κ2) is 7.09. The van der Waals surface area contributed by atoms with Crippen molar-refractivity contribution < 1.29 is 4.79 Å². The Morgan fingerprint density at radius 2 is 2.35 bits per heavy atom. The zero-order chi connectivity index (χ0) is 14.5. The minimum atomic E-state index is -0.368. The van der Waals surface area contributed by atoms with Gasteiger partial charge in [0.25, 0.3) is 5.91 Å². The number of rotatable bonds is 5. The molecule has 0 aromatic heterocycles. The van der Waals surface area contributed by atoms with E-state index in [-0.39, 0.29) is 5.91 Å². The van der Waals surface area contributed by atoms with Crippen molar-refractivity contribution in [2.75, 3.05) is 31.1 Å². The average molecular weight is 340 g/mol. The summed E-state index contributed by atoms with van der Waals surface area (Å²) in [5.41, 5.74) is 7.02. The molecular weight excluding hydrogens is 318 g/mol. The topological polar surface area (TPSA) is 58.4 Å². The second-order valence-corrected chi connectivity index (χ2v) is 6.19. The lowest BCUT2D eigenvalue weighted by molar-refractivity contribution is 0.100. The molecule has 1 heterocycles. The van der Waals surface area contributed by atoms with Crippen molar-refractivity contribution >= 4 is 27.5 Å². The van der Waals surface area contributed by atoms with Gasteiger partial charge >= 0.3 is 0 Å². The number of halogens is 1. The van der Waals surface area contributed by atoms with Crippen molar-refractivity contribution in [1.29, 1.82) is 0 Å². The van der Waals surface area contributed by atoms with Crippen LogP contribution in [0.1, 0.15) is 30.1 Å². The highest BCUT2D eigenvalue weighted by atomic mass is 79.9. The highest BCUT2D eigenvalue weighted by molar-refractivity contribution is 9.10. The van der Waals surface area contributed by atoms with Crippen LogP contribution in [0, 0.1) is 5.92 Å². The second-order valence-electron chi connectivity index (χ2n) is 5.28. The first-order valence-corrected chi connectivity index (χ1v) is 7.96. The molecule has 2 rings (SSSR count). The molecule has 1 amide bonds. The van der Waals surface area contributed by atoms with Gasteiger partial charge in [-0.05, 0) is 57.0 Å². The van der Waals surface area contributed by atoms with Crippen LogP contribution in [0.4, 0.5) is 5.69 Å². The summed E-state index contributed by atoms with van der Waals surface area (Å²) in [4.78, 5) is 13.9. The van der Waals surface area contributed by atoms with E-state index in [2.05, 4.69) is 33.1 Å². The smallest absolute Gasteiger partial charge is 0.250 e. The standard InChI is InChI=1S/C15H22BrN3O/c1-2-19(10-11-4-3-7-18-9-11)14-8-12(16)5-6-13(14)15(17)20/h5-6,8,11,18H,2-4,7,9-10H2,1H3,(H2,17,20). The number of primary amides is 1. The predicted octanol–water partition coefficient (Wildman–Crippen LogP) is 2.37. The van der Waals surface area contributed by atoms with Gasteiger partial charge in [-0.2, -0.15) is 0 Å². The number of anilines is 1. The maximum absolute atomic E-state index is 11.6. The summed E-state index contributed by atoms with van der Waals surface area (Å²) < 4.78 is 0.970. The molecule has 3 N–H and O–H groups in total. The highest BCUT2D eigenvalue weighted by Crippen LogP contribution is 2.26. The number of piperidine rings is 1. The largest absolute Gasteiger partial charge is 0.371 e. The lowest BCUT2D eigenvalue weighted by atomic mass is 9.98. The van der Waals surface area contributed by atoms with Gasteiger partial charge in [-0.3, -0.25) is 4.79 Å². The SMILES string of the molecule is CCN(CC1CCCNC1)c1cc(Br)ccc1C(N)=O. The summed E-state index contributed by atoms with van der Waals surface area (Å²) in [5.74, 6) is 0.260. The Labute approximate surface area is 128 Å². The minimum Gasteiger partial charge on any atom is -0.371 e. The fraction of sp³-hybridized carbons (Fsp3) is 0.533. The third kappa shape index (κ3) is 3.73. The Bertz CT molecular complexity index is 472. The van der Waals surface area contributed by atoms with Gasteiger partial charge in [0.05, 0.1) is 11.3 Å². The Hall–Kier alpha value is -1.07.